The van der Waals surface area contributed by atoms with Gasteiger partial charge in [0, 0.05) is 32.2 Å². The van der Waals surface area contributed by atoms with Crippen molar-refractivity contribution in [2.45, 2.75) is 45.8 Å². The number of guanidine groups is 1. The first-order valence-corrected chi connectivity index (χ1v) is 9.14. The van der Waals surface area contributed by atoms with Crippen molar-refractivity contribution in [2.75, 3.05) is 27.2 Å². The smallest absolute Gasteiger partial charge is 0.308 e. The number of rotatable bonds is 4. The third kappa shape index (κ3) is 7.20. The summed E-state index contributed by atoms with van der Waals surface area (Å²) >= 11 is 0. The molecule has 6 nitrogen and oxygen atoms in total. The summed E-state index contributed by atoms with van der Waals surface area (Å²) in [5.74, 6) is 1.61. The third-order valence-electron chi connectivity index (χ3n) is 4.37. The van der Waals surface area contributed by atoms with Gasteiger partial charge in [-0.15, -0.1) is 24.0 Å². The van der Waals surface area contributed by atoms with Gasteiger partial charge < -0.3 is 19.7 Å². The van der Waals surface area contributed by atoms with Gasteiger partial charge in [0.1, 0.15) is 11.4 Å². The van der Waals surface area contributed by atoms with E-state index in [4.69, 9.17) is 9.47 Å². The van der Waals surface area contributed by atoms with Crippen LogP contribution in [0, 0.1) is 5.92 Å². The molecule has 0 aliphatic carbocycles. The van der Waals surface area contributed by atoms with Crippen LogP contribution < -0.4 is 10.1 Å². The van der Waals surface area contributed by atoms with Crippen molar-refractivity contribution in [1.29, 1.82) is 0 Å². The lowest BCUT2D eigenvalue weighted by atomic mass is 9.97. The predicted octanol–water partition coefficient (Wildman–Crippen LogP) is 3.44. The number of benzene rings is 1. The maximum atomic E-state index is 11.7. The van der Waals surface area contributed by atoms with E-state index >= 15 is 0 Å². The van der Waals surface area contributed by atoms with E-state index in [1.807, 2.05) is 39.0 Å². The van der Waals surface area contributed by atoms with Gasteiger partial charge in [0.05, 0.1) is 13.0 Å². The number of methoxy groups -OCH3 is 1. The van der Waals surface area contributed by atoms with Crippen LogP contribution in [0.2, 0.25) is 0 Å². The Balaban J connectivity index is 0.00000364. The zero-order valence-electron chi connectivity index (χ0n) is 16.9. The zero-order chi connectivity index (χ0) is 19.2. The normalized spacial score (nSPS) is 15.7. The highest BCUT2D eigenvalue weighted by Crippen LogP contribution is 2.23. The van der Waals surface area contributed by atoms with E-state index in [1.165, 1.54) is 7.11 Å². The molecular weight excluding hydrogens is 457 g/mol. The van der Waals surface area contributed by atoms with Crippen LogP contribution in [-0.4, -0.2) is 49.7 Å². The lowest BCUT2D eigenvalue weighted by molar-refractivity contribution is -0.146. The molecule has 0 aromatic heterocycles. The Kier molecular flexibility index (Phi) is 9.35. The number of halogens is 1. The first-order chi connectivity index (χ1) is 12.3. The molecule has 152 valence electrons. The monoisotopic (exact) mass is 489 g/mol. The quantitative estimate of drug-likeness (QED) is 0.304. The van der Waals surface area contributed by atoms with Crippen molar-refractivity contribution in [2.24, 2.45) is 10.9 Å². The first-order valence-electron chi connectivity index (χ1n) is 9.14. The van der Waals surface area contributed by atoms with Gasteiger partial charge in [-0.1, -0.05) is 18.2 Å². The summed E-state index contributed by atoms with van der Waals surface area (Å²) < 4.78 is 10.9. The first kappa shape index (κ1) is 23.5. The second-order valence-electron chi connectivity index (χ2n) is 7.51. The zero-order valence-corrected chi connectivity index (χ0v) is 19.3. The fourth-order valence-corrected chi connectivity index (χ4v) is 3.08. The minimum atomic E-state index is -0.243. The number of likely N-dealkylation sites (tertiary alicyclic amines) is 1. The number of hydrogen-bond donors (Lipinski definition) is 1. The number of para-hydroxylation sites is 1. The molecule has 2 rings (SSSR count). The number of piperidine rings is 1. The van der Waals surface area contributed by atoms with Gasteiger partial charge in [-0.25, -0.2) is 0 Å². The van der Waals surface area contributed by atoms with Gasteiger partial charge in [-0.05, 0) is 39.7 Å². The minimum absolute atomic E-state index is 0. The Bertz CT molecular complexity index is 636. The fourth-order valence-electron chi connectivity index (χ4n) is 3.08. The molecule has 27 heavy (non-hydrogen) atoms. The molecular formula is C20H32IN3O3. The fraction of sp³-hybridized carbons (Fsp3) is 0.600. The molecule has 0 amide bonds. The third-order valence-corrected chi connectivity index (χ3v) is 4.37. The molecule has 0 bridgehead atoms. The molecule has 7 heteroatoms. The summed E-state index contributed by atoms with van der Waals surface area (Å²) in [4.78, 5) is 18.3. The number of ether oxygens (including phenoxy) is 2. The van der Waals surface area contributed by atoms with Gasteiger partial charge >= 0.3 is 5.97 Å². The van der Waals surface area contributed by atoms with Gasteiger partial charge in [0.15, 0.2) is 5.96 Å². The van der Waals surface area contributed by atoms with Crippen LogP contribution in [-0.2, 0) is 16.1 Å². The van der Waals surface area contributed by atoms with Crippen LogP contribution in [0.5, 0.6) is 5.75 Å². The predicted molar refractivity (Wildman–Crippen MR) is 119 cm³/mol. The summed E-state index contributed by atoms with van der Waals surface area (Å²) in [5, 5.41) is 3.42. The Morgan fingerprint density at radius 2 is 1.89 bits per heavy atom. The Morgan fingerprint density at radius 1 is 1.26 bits per heavy atom. The van der Waals surface area contributed by atoms with Crippen LogP contribution in [0.3, 0.4) is 0 Å². The van der Waals surface area contributed by atoms with Crippen molar-refractivity contribution >= 4 is 35.9 Å². The van der Waals surface area contributed by atoms with E-state index in [9.17, 15) is 4.79 Å². The maximum absolute atomic E-state index is 11.7. The lowest BCUT2D eigenvalue weighted by Gasteiger charge is -2.33. The van der Waals surface area contributed by atoms with Crippen molar-refractivity contribution in [3.05, 3.63) is 29.8 Å². The van der Waals surface area contributed by atoms with Crippen LogP contribution in [0.25, 0.3) is 0 Å². The van der Waals surface area contributed by atoms with E-state index < -0.39 is 0 Å². The van der Waals surface area contributed by atoms with E-state index in [2.05, 4.69) is 21.3 Å². The van der Waals surface area contributed by atoms with Gasteiger partial charge in [0.25, 0.3) is 0 Å². The number of esters is 1. The molecule has 1 fully saturated rings. The van der Waals surface area contributed by atoms with Crippen LogP contribution in [0.15, 0.2) is 29.3 Å². The highest BCUT2D eigenvalue weighted by molar-refractivity contribution is 14.0. The molecule has 0 radical (unpaired) electrons. The summed E-state index contributed by atoms with van der Waals surface area (Å²) in [5.41, 5.74) is 0.848. The Labute approximate surface area is 179 Å². The molecule has 1 heterocycles. The van der Waals surface area contributed by atoms with Crippen molar-refractivity contribution in [3.8, 4) is 5.75 Å². The van der Waals surface area contributed by atoms with E-state index in [0.29, 0.717) is 6.54 Å². The standard InChI is InChI=1S/C20H31N3O3.HI/c1-20(2,3)26-17-9-7-6-8-16(17)14-22-19(21-4)23-12-10-15(11-13-23)18(24)25-5;/h6-9,15H,10-14H2,1-5H3,(H,21,22);1H. The number of carbonyl (C=O) groups is 1. The molecule has 1 aromatic carbocycles. The lowest BCUT2D eigenvalue weighted by Crippen LogP contribution is -2.46. The highest BCUT2D eigenvalue weighted by atomic mass is 127. The summed E-state index contributed by atoms with van der Waals surface area (Å²) in [7, 11) is 3.23. The molecule has 1 saturated heterocycles. The van der Waals surface area contributed by atoms with Gasteiger partial charge in [0.2, 0.25) is 0 Å². The average Bonchev–Trinajstić information content (AvgIpc) is 2.62. The molecule has 0 unspecified atom stereocenters. The number of carbonyl (C=O) groups excluding carboxylic acids is 1. The number of hydrogen-bond acceptors (Lipinski definition) is 4. The molecule has 0 saturated carbocycles. The maximum Gasteiger partial charge on any atom is 0.308 e. The Hall–Kier alpha value is -1.51. The minimum Gasteiger partial charge on any atom is -0.488 e. The second kappa shape index (κ2) is 10.7. The van der Waals surface area contributed by atoms with Crippen molar-refractivity contribution < 1.29 is 14.3 Å². The van der Waals surface area contributed by atoms with E-state index in [1.54, 1.807) is 7.05 Å². The highest BCUT2D eigenvalue weighted by Gasteiger charge is 2.27. The number of nitrogens with zero attached hydrogens (tertiary/aromatic N) is 2. The van der Waals surface area contributed by atoms with Crippen molar-refractivity contribution in [1.82, 2.24) is 10.2 Å². The van der Waals surface area contributed by atoms with Crippen LogP contribution in [0.1, 0.15) is 39.2 Å². The Morgan fingerprint density at radius 3 is 2.44 bits per heavy atom. The SMILES string of the molecule is CN=C(NCc1ccccc1OC(C)(C)C)N1CCC(C(=O)OC)CC1.I. The topological polar surface area (TPSA) is 63.2 Å². The van der Waals surface area contributed by atoms with Gasteiger partial charge in [-0.3, -0.25) is 9.79 Å². The average molecular weight is 489 g/mol. The summed E-state index contributed by atoms with van der Waals surface area (Å²) in [6.07, 6.45) is 1.58. The van der Waals surface area contributed by atoms with Crippen LogP contribution >= 0.6 is 24.0 Å². The van der Waals surface area contributed by atoms with E-state index in [0.717, 1.165) is 43.2 Å². The molecule has 1 aromatic rings. The van der Waals surface area contributed by atoms with Crippen molar-refractivity contribution in [3.63, 3.8) is 0 Å². The van der Waals surface area contributed by atoms with E-state index in [-0.39, 0.29) is 41.5 Å². The second-order valence-corrected chi connectivity index (χ2v) is 7.51. The van der Waals surface area contributed by atoms with Crippen LogP contribution in [0.4, 0.5) is 0 Å². The van der Waals surface area contributed by atoms with Gasteiger partial charge in [-0.2, -0.15) is 0 Å². The summed E-state index contributed by atoms with van der Waals surface area (Å²) in [6.45, 7) is 8.35. The number of nitrogens with one attached hydrogen (secondary N) is 1. The molecule has 0 spiro atoms. The molecule has 0 atom stereocenters. The largest absolute Gasteiger partial charge is 0.488 e. The molecule has 1 aliphatic rings. The number of aliphatic imine (C=N–C) groups is 1. The molecule has 1 N–H and O–H groups in total. The summed E-state index contributed by atoms with van der Waals surface area (Å²) in [6, 6.07) is 8.05. The molecule has 1 aliphatic heterocycles.